The maximum Gasteiger partial charge on any atom is 0.251 e. The van der Waals surface area contributed by atoms with Crippen LogP contribution in [0.5, 0.6) is 11.5 Å². The quantitative estimate of drug-likeness (QED) is 0.521. The molecule has 0 fully saturated rings. The Morgan fingerprint density at radius 3 is 2.25 bits per heavy atom. The third-order valence-corrected chi connectivity index (χ3v) is 4.52. The van der Waals surface area contributed by atoms with Gasteiger partial charge in [-0.2, -0.15) is 0 Å². The van der Waals surface area contributed by atoms with Crippen LogP contribution in [0.3, 0.4) is 0 Å². The normalized spacial score (nSPS) is 10.4. The van der Waals surface area contributed by atoms with E-state index >= 15 is 0 Å². The van der Waals surface area contributed by atoms with Gasteiger partial charge in [0.05, 0.1) is 19.8 Å². The Hall–Kier alpha value is -3.55. The van der Waals surface area contributed by atoms with E-state index < -0.39 is 5.91 Å². The molecule has 8 nitrogen and oxygen atoms in total. The van der Waals surface area contributed by atoms with Crippen LogP contribution in [0, 0.1) is 12.8 Å². The summed E-state index contributed by atoms with van der Waals surface area (Å²) in [6.45, 7) is 9.86. The van der Waals surface area contributed by atoms with E-state index in [1.54, 1.807) is 50.2 Å². The van der Waals surface area contributed by atoms with Crippen LogP contribution in [0.2, 0.25) is 0 Å². The van der Waals surface area contributed by atoms with Gasteiger partial charge in [0.15, 0.2) is 11.5 Å². The number of hydrogen-bond donors (Lipinski definition) is 3. The molecule has 0 saturated carbocycles. The van der Waals surface area contributed by atoms with E-state index in [4.69, 9.17) is 9.47 Å². The molecule has 32 heavy (non-hydrogen) atoms. The van der Waals surface area contributed by atoms with E-state index in [9.17, 15) is 14.4 Å². The number of carbonyl (C=O) groups excluding carboxylic acids is 3. The molecule has 3 amide bonds. The number of nitrogens with one attached hydrogen (secondary N) is 3. The summed E-state index contributed by atoms with van der Waals surface area (Å²) in [4.78, 5) is 36.8. The molecule has 0 atom stereocenters. The van der Waals surface area contributed by atoms with Crippen molar-refractivity contribution in [1.29, 1.82) is 0 Å². The van der Waals surface area contributed by atoms with Crippen LogP contribution in [0.4, 0.5) is 11.4 Å². The van der Waals surface area contributed by atoms with Crippen molar-refractivity contribution in [2.45, 2.75) is 34.6 Å². The minimum absolute atomic E-state index is 0.111. The molecule has 2 rings (SSSR count). The van der Waals surface area contributed by atoms with Gasteiger partial charge in [-0.15, -0.1) is 0 Å². The molecular weight excluding hydrogens is 410 g/mol. The molecular formula is C24H31N3O5. The van der Waals surface area contributed by atoms with E-state index in [-0.39, 0.29) is 24.3 Å². The molecule has 0 bridgehead atoms. The van der Waals surface area contributed by atoms with Crippen molar-refractivity contribution in [3.05, 3.63) is 47.5 Å². The van der Waals surface area contributed by atoms with Crippen molar-refractivity contribution in [2.24, 2.45) is 5.92 Å². The molecule has 8 heteroatoms. The van der Waals surface area contributed by atoms with Gasteiger partial charge in [-0.05, 0) is 56.7 Å². The van der Waals surface area contributed by atoms with E-state index in [2.05, 4.69) is 16.0 Å². The molecule has 0 spiro atoms. The van der Waals surface area contributed by atoms with E-state index in [1.807, 2.05) is 20.8 Å². The summed E-state index contributed by atoms with van der Waals surface area (Å²) in [5.74, 6) is -0.0231. The van der Waals surface area contributed by atoms with Crippen LogP contribution in [-0.2, 0) is 9.59 Å². The summed E-state index contributed by atoms with van der Waals surface area (Å²) < 4.78 is 11.0. The molecule has 3 N–H and O–H groups in total. The van der Waals surface area contributed by atoms with E-state index in [0.29, 0.717) is 41.7 Å². The number of anilines is 2. The average molecular weight is 442 g/mol. The minimum atomic E-state index is -0.404. The highest BCUT2D eigenvalue weighted by molar-refractivity contribution is 6.00. The van der Waals surface area contributed by atoms with Gasteiger partial charge in [-0.1, -0.05) is 19.9 Å². The number of ether oxygens (including phenoxy) is 2. The molecule has 0 saturated heterocycles. The first-order chi connectivity index (χ1) is 15.2. The van der Waals surface area contributed by atoms with Crippen molar-refractivity contribution >= 4 is 29.1 Å². The fraction of sp³-hybridized carbons (Fsp3) is 0.375. The van der Waals surface area contributed by atoms with Gasteiger partial charge in [0.2, 0.25) is 11.8 Å². The lowest BCUT2D eigenvalue weighted by atomic mass is 10.1. The second kappa shape index (κ2) is 11.7. The predicted octanol–water partition coefficient (Wildman–Crippen LogP) is 3.76. The Bertz CT molecular complexity index is 972. The molecule has 172 valence electrons. The Balaban J connectivity index is 2.00. The van der Waals surface area contributed by atoms with Crippen LogP contribution in [-0.4, -0.2) is 37.5 Å². The van der Waals surface area contributed by atoms with Gasteiger partial charge in [-0.25, -0.2) is 0 Å². The summed E-state index contributed by atoms with van der Waals surface area (Å²) in [7, 11) is 0. The number of aryl methyl sites for hydroxylation is 1. The number of amides is 3. The maximum atomic E-state index is 12.5. The van der Waals surface area contributed by atoms with Gasteiger partial charge >= 0.3 is 0 Å². The van der Waals surface area contributed by atoms with Crippen molar-refractivity contribution in [1.82, 2.24) is 5.32 Å². The van der Waals surface area contributed by atoms with Gasteiger partial charge in [0.25, 0.3) is 5.91 Å². The first-order valence-corrected chi connectivity index (χ1v) is 10.6. The molecule has 0 aliphatic heterocycles. The lowest BCUT2D eigenvalue weighted by Crippen LogP contribution is -2.33. The Labute approximate surface area is 188 Å². The smallest absolute Gasteiger partial charge is 0.251 e. The Morgan fingerprint density at radius 1 is 0.906 bits per heavy atom. The molecule has 2 aromatic rings. The zero-order valence-corrected chi connectivity index (χ0v) is 19.2. The van der Waals surface area contributed by atoms with Gasteiger partial charge in [0, 0.05) is 22.9 Å². The highest BCUT2D eigenvalue weighted by atomic mass is 16.5. The summed E-state index contributed by atoms with van der Waals surface area (Å²) in [5.41, 5.74) is 2.34. The number of carbonyl (C=O) groups is 3. The fourth-order valence-electron chi connectivity index (χ4n) is 2.77. The van der Waals surface area contributed by atoms with Crippen molar-refractivity contribution in [3.8, 4) is 11.5 Å². The second-order valence-electron chi connectivity index (χ2n) is 7.43. The number of hydrogen-bond acceptors (Lipinski definition) is 5. The van der Waals surface area contributed by atoms with E-state index in [1.165, 1.54) is 0 Å². The van der Waals surface area contributed by atoms with Crippen LogP contribution in [0.25, 0.3) is 0 Å². The third-order valence-electron chi connectivity index (χ3n) is 4.52. The zero-order valence-electron chi connectivity index (χ0n) is 19.2. The molecule has 0 radical (unpaired) electrons. The molecule has 2 aromatic carbocycles. The Kier molecular flexibility index (Phi) is 9.07. The Morgan fingerprint density at radius 2 is 1.59 bits per heavy atom. The molecule has 0 aliphatic carbocycles. The molecule has 0 heterocycles. The highest BCUT2D eigenvalue weighted by Crippen LogP contribution is 2.28. The molecule has 0 aromatic heterocycles. The topological polar surface area (TPSA) is 106 Å². The molecule has 0 unspecified atom stereocenters. The van der Waals surface area contributed by atoms with Gasteiger partial charge < -0.3 is 25.4 Å². The molecule has 0 aliphatic rings. The highest BCUT2D eigenvalue weighted by Gasteiger charge is 2.14. The van der Waals surface area contributed by atoms with Crippen LogP contribution >= 0.6 is 0 Å². The maximum absolute atomic E-state index is 12.5. The summed E-state index contributed by atoms with van der Waals surface area (Å²) in [5, 5.41) is 8.17. The summed E-state index contributed by atoms with van der Waals surface area (Å²) in [6.07, 6.45) is 0. The number of benzene rings is 2. The van der Waals surface area contributed by atoms with E-state index in [0.717, 1.165) is 5.56 Å². The minimum Gasteiger partial charge on any atom is -0.490 e. The predicted molar refractivity (Wildman–Crippen MR) is 124 cm³/mol. The lowest BCUT2D eigenvalue weighted by Gasteiger charge is -2.14. The second-order valence-corrected chi connectivity index (χ2v) is 7.43. The SMILES string of the molecule is CCOc1ccc(C(=O)NCC(=O)Nc2cc(NC(=O)C(C)C)ccc2C)cc1OCC. The number of rotatable bonds is 10. The monoisotopic (exact) mass is 441 g/mol. The zero-order chi connectivity index (χ0) is 23.7. The van der Waals surface area contributed by atoms with Crippen LogP contribution in [0.1, 0.15) is 43.6 Å². The first kappa shape index (κ1) is 24.7. The van der Waals surface area contributed by atoms with Crippen molar-refractivity contribution in [2.75, 3.05) is 30.4 Å². The van der Waals surface area contributed by atoms with Crippen molar-refractivity contribution in [3.63, 3.8) is 0 Å². The third kappa shape index (κ3) is 7.01. The van der Waals surface area contributed by atoms with Crippen LogP contribution < -0.4 is 25.4 Å². The average Bonchev–Trinajstić information content (AvgIpc) is 2.75. The standard InChI is InChI=1S/C24H31N3O5/c1-6-31-20-11-9-17(12-21(20)32-7-2)24(30)25-14-22(28)27-19-13-18(10-8-16(19)5)26-23(29)15(3)4/h8-13,15H,6-7,14H2,1-5H3,(H,25,30)(H,26,29)(H,27,28). The van der Waals surface area contributed by atoms with Gasteiger partial charge in [-0.3, -0.25) is 14.4 Å². The largest absolute Gasteiger partial charge is 0.490 e. The summed E-state index contributed by atoms with van der Waals surface area (Å²) >= 11 is 0. The van der Waals surface area contributed by atoms with Crippen molar-refractivity contribution < 1.29 is 23.9 Å². The van der Waals surface area contributed by atoms with Gasteiger partial charge in [0.1, 0.15) is 0 Å². The fourth-order valence-corrected chi connectivity index (χ4v) is 2.77. The lowest BCUT2D eigenvalue weighted by molar-refractivity contribution is -0.119. The van der Waals surface area contributed by atoms with Crippen LogP contribution in [0.15, 0.2) is 36.4 Å². The summed E-state index contributed by atoms with van der Waals surface area (Å²) in [6, 6.07) is 10.1. The first-order valence-electron chi connectivity index (χ1n) is 10.6.